The second kappa shape index (κ2) is 4.00. The van der Waals surface area contributed by atoms with Gasteiger partial charge in [-0.3, -0.25) is 4.79 Å². The van der Waals surface area contributed by atoms with Gasteiger partial charge in [0.15, 0.2) is 5.60 Å². The van der Waals surface area contributed by atoms with Crippen LogP contribution in [0.5, 0.6) is 0 Å². The third-order valence-corrected chi connectivity index (χ3v) is 7.51. The zero-order valence-electron chi connectivity index (χ0n) is 12.8. The molecule has 4 fully saturated rings. The summed E-state index contributed by atoms with van der Waals surface area (Å²) in [7, 11) is 0. The Morgan fingerprint density at radius 3 is 2.55 bits per heavy atom. The van der Waals surface area contributed by atoms with Gasteiger partial charge in [0.2, 0.25) is 0 Å². The maximum Gasteiger partial charge on any atom is 0.253 e. The minimum absolute atomic E-state index is 0.0589. The Kier molecular flexibility index (Phi) is 2.62. The molecule has 3 aliphatic carbocycles. The summed E-state index contributed by atoms with van der Waals surface area (Å²) in [6, 6.07) is 0.392. The van der Waals surface area contributed by atoms with E-state index in [2.05, 4.69) is 19.2 Å². The molecular weight excluding hydrogens is 250 g/mol. The molecule has 20 heavy (non-hydrogen) atoms. The topological polar surface area (TPSA) is 38.3 Å². The Hall–Kier alpha value is -0.570. The Labute approximate surface area is 121 Å². The number of amides is 1. The van der Waals surface area contributed by atoms with Crippen molar-refractivity contribution in [1.29, 1.82) is 0 Å². The summed E-state index contributed by atoms with van der Waals surface area (Å²) in [5.74, 6) is 0.899. The van der Waals surface area contributed by atoms with Crippen LogP contribution in [0.25, 0.3) is 0 Å². The molecule has 0 aromatic rings. The third kappa shape index (κ3) is 1.33. The standard InChI is InChI=1S/C17H27NO2/c1-15-11-20-17(10-12(15)8-9-16(15,17)2)14(19)18-13-6-4-3-5-7-13/h12-13H,3-11H2,1-2H3,(H,18,19)/t12-,15-,16-,17+/m0/s1. The van der Waals surface area contributed by atoms with Crippen LogP contribution in [-0.2, 0) is 9.53 Å². The van der Waals surface area contributed by atoms with Crippen molar-refractivity contribution in [3.05, 3.63) is 0 Å². The second-order valence-electron chi connectivity index (χ2n) is 8.11. The highest BCUT2D eigenvalue weighted by molar-refractivity contribution is 5.88. The molecule has 4 bridgehead atoms. The van der Waals surface area contributed by atoms with E-state index in [4.69, 9.17) is 4.74 Å². The van der Waals surface area contributed by atoms with Gasteiger partial charge in [-0.1, -0.05) is 33.1 Å². The molecule has 0 unspecified atom stereocenters. The molecule has 1 N–H and O–H groups in total. The lowest BCUT2D eigenvalue weighted by Gasteiger charge is -2.41. The van der Waals surface area contributed by atoms with Crippen molar-refractivity contribution in [3.8, 4) is 0 Å². The quantitative estimate of drug-likeness (QED) is 0.842. The number of hydrogen-bond acceptors (Lipinski definition) is 2. The van der Waals surface area contributed by atoms with Gasteiger partial charge in [0.25, 0.3) is 5.91 Å². The van der Waals surface area contributed by atoms with Gasteiger partial charge < -0.3 is 10.1 Å². The largest absolute Gasteiger partial charge is 0.364 e. The first-order valence-corrected chi connectivity index (χ1v) is 8.47. The Morgan fingerprint density at radius 2 is 1.90 bits per heavy atom. The Bertz CT molecular complexity index is 444. The maximum atomic E-state index is 13.0. The summed E-state index contributed by atoms with van der Waals surface area (Å²) in [5.41, 5.74) is -0.220. The molecule has 0 spiro atoms. The molecule has 4 atom stereocenters. The molecule has 3 saturated carbocycles. The van der Waals surface area contributed by atoms with Gasteiger partial charge in [-0.05, 0) is 38.0 Å². The molecule has 0 aromatic heterocycles. The van der Waals surface area contributed by atoms with Gasteiger partial charge in [0.1, 0.15) is 0 Å². The molecule has 1 heterocycles. The summed E-state index contributed by atoms with van der Waals surface area (Å²) in [6.45, 7) is 5.45. The number of nitrogens with one attached hydrogen (secondary N) is 1. The highest BCUT2D eigenvalue weighted by atomic mass is 16.5. The smallest absolute Gasteiger partial charge is 0.253 e. The zero-order valence-corrected chi connectivity index (χ0v) is 12.8. The molecule has 0 radical (unpaired) electrons. The van der Waals surface area contributed by atoms with E-state index >= 15 is 0 Å². The van der Waals surface area contributed by atoms with E-state index in [-0.39, 0.29) is 16.7 Å². The van der Waals surface area contributed by atoms with Crippen molar-refractivity contribution in [2.45, 2.75) is 76.9 Å². The van der Waals surface area contributed by atoms with Crippen molar-refractivity contribution >= 4 is 5.91 Å². The van der Waals surface area contributed by atoms with E-state index in [0.717, 1.165) is 32.3 Å². The van der Waals surface area contributed by atoms with Crippen LogP contribution in [0.4, 0.5) is 0 Å². The van der Waals surface area contributed by atoms with Crippen LogP contribution in [0.3, 0.4) is 0 Å². The fourth-order valence-electron chi connectivity index (χ4n) is 5.81. The van der Waals surface area contributed by atoms with Gasteiger partial charge in [0, 0.05) is 16.9 Å². The molecule has 112 valence electrons. The summed E-state index contributed by atoms with van der Waals surface area (Å²) in [5, 5.41) is 3.34. The van der Waals surface area contributed by atoms with E-state index in [1.54, 1.807) is 0 Å². The van der Waals surface area contributed by atoms with Gasteiger partial charge in [0.05, 0.1) is 6.61 Å². The fraction of sp³-hybridized carbons (Fsp3) is 0.941. The average molecular weight is 277 g/mol. The van der Waals surface area contributed by atoms with E-state index in [0.29, 0.717) is 12.0 Å². The van der Waals surface area contributed by atoms with Gasteiger partial charge in [-0.15, -0.1) is 0 Å². The first kappa shape index (κ1) is 13.1. The average Bonchev–Trinajstić information content (AvgIpc) is 2.92. The zero-order chi connectivity index (χ0) is 14.0. The number of carbonyl (C=O) groups is 1. The van der Waals surface area contributed by atoms with Gasteiger partial charge in [-0.25, -0.2) is 0 Å². The van der Waals surface area contributed by atoms with Gasteiger partial charge >= 0.3 is 0 Å². The van der Waals surface area contributed by atoms with Crippen molar-refractivity contribution in [3.63, 3.8) is 0 Å². The van der Waals surface area contributed by atoms with E-state index in [1.807, 2.05) is 0 Å². The molecule has 4 rings (SSSR count). The van der Waals surface area contributed by atoms with Crippen LogP contribution in [0.15, 0.2) is 0 Å². The van der Waals surface area contributed by atoms with Crippen molar-refractivity contribution in [2.75, 3.05) is 6.61 Å². The number of ether oxygens (including phenoxy) is 1. The SMILES string of the molecule is C[C@@]12CC[C@H]3C[C@]1(C(=O)NC1CCCCC1)OC[C@@]32C. The van der Waals surface area contributed by atoms with Crippen LogP contribution < -0.4 is 5.32 Å². The number of hydrogen-bond donors (Lipinski definition) is 1. The molecule has 4 aliphatic rings. The van der Waals surface area contributed by atoms with E-state index in [9.17, 15) is 4.79 Å². The molecule has 3 heteroatoms. The first-order chi connectivity index (χ1) is 9.52. The third-order valence-electron chi connectivity index (χ3n) is 7.51. The highest BCUT2D eigenvalue weighted by Crippen LogP contribution is 2.75. The first-order valence-electron chi connectivity index (χ1n) is 8.47. The molecule has 3 nitrogen and oxygen atoms in total. The predicted molar refractivity (Wildman–Crippen MR) is 77.3 cm³/mol. The lowest BCUT2D eigenvalue weighted by atomic mass is 9.66. The summed E-state index contributed by atoms with van der Waals surface area (Å²) < 4.78 is 6.17. The molecule has 1 saturated heterocycles. The number of carbonyl (C=O) groups excluding carboxylic acids is 1. The minimum atomic E-state index is -0.512. The fourth-order valence-corrected chi connectivity index (χ4v) is 5.81. The Balaban J connectivity index is 1.57. The Morgan fingerprint density at radius 1 is 1.15 bits per heavy atom. The summed E-state index contributed by atoms with van der Waals surface area (Å²) in [4.78, 5) is 13.0. The van der Waals surface area contributed by atoms with Crippen LogP contribution in [0.1, 0.15) is 65.2 Å². The van der Waals surface area contributed by atoms with E-state index < -0.39 is 5.60 Å². The summed E-state index contributed by atoms with van der Waals surface area (Å²) >= 11 is 0. The number of rotatable bonds is 2. The van der Waals surface area contributed by atoms with Crippen LogP contribution in [-0.4, -0.2) is 24.2 Å². The highest BCUT2D eigenvalue weighted by Gasteiger charge is 2.78. The lowest BCUT2D eigenvalue weighted by molar-refractivity contribution is -0.156. The van der Waals surface area contributed by atoms with Gasteiger partial charge in [-0.2, -0.15) is 0 Å². The lowest BCUT2D eigenvalue weighted by Crippen LogP contribution is -2.57. The second-order valence-corrected chi connectivity index (χ2v) is 8.11. The maximum absolute atomic E-state index is 13.0. The van der Waals surface area contributed by atoms with Crippen molar-refractivity contribution < 1.29 is 9.53 Å². The van der Waals surface area contributed by atoms with Crippen LogP contribution in [0, 0.1) is 16.7 Å². The molecular formula is C17H27NO2. The van der Waals surface area contributed by atoms with Crippen LogP contribution >= 0.6 is 0 Å². The van der Waals surface area contributed by atoms with E-state index in [1.165, 1.54) is 25.7 Å². The molecule has 0 aromatic carbocycles. The van der Waals surface area contributed by atoms with Crippen molar-refractivity contribution in [2.24, 2.45) is 16.7 Å². The normalized spacial score (nSPS) is 50.6. The van der Waals surface area contributed by atoms with Crippen LogP contribution in [0.2, 0.25) is 0 Å². The predicted octanol–water partition coefficient (Wildman–Crippen LogP) is 3.03. The minimum Gasteiger partial charge on any atom is -0.364 e. The molecule has 1 amide bonds. The van der Waals surface area contributed by atoms with Crippen molar-refractivity contribution in [1.82, 2.24) is 5.32 Å². The molecule has 1 aliphatic heterocycles. The summed E-state index contributed by atoms with van der Waals surface area (Å²) in [6.07, 6.45) is 9.55. The monoisotopic (exact) mass is 277 g/mol.